The van der Waals surface area contributed by atoms with Gasteiger partial charge in [0.25, 0.3) is 6.17 Å². The van der Waals surface area contributed by atoms with E-state index in [0.717, 1.165) is 27.7 Å². The highest BCUT2D eigenvalue weighted by molar-refractivity contribution is 5.20. The van der Waals surface area contributed by atoms with Crippen LogP contribution in [-0.4, -0.2) is 90.7 Å². The average molecular weight is 686 g/mol. The fraction of sp³-hybridized carbons (Fsp3) is 1.00. The van der Waals surface area contributed by atoms with Crippen LogP contribution in [0.25, 0.3) is 0 Å². The fourth-order valence-corrected chi connectivity index (χ4v) is 3.11. The Labute approximate surface area is 231 Å². The van der Waals surface area contributed by atoms with Crippen LogP contribution in [-0.2, 0) is 14.2 Å². The topological polar surface area (TPSA) is 27.7 Å². The summed E-state index contributed by atoms with van der Waals surface area (Å²) in [5, 5.41) is 0. The molecule has 0 aromatic heterocycles. The van der Waals surface area contributed by atoms with E-state index in [9.17, 15) is 83.4 Å². The molecule has 0 aliphatic heterocycles. The zero-order valence-electron chi connectivity index (χ0n) is 22.4. The lowest BCUT2D eigenvalue weighted by atomic mass is 9.80. The van der Waals surface area contributed by atoms with Crippen molar-refractivity contribution in [1.82, 2.24) is 0 Å². The zero-order chi connectivity index (χ0) is 35.2. The molecule has 2 fully saturated rings. The standard InChI is InChI=1S/C8H8F8O.C7H8F6O.C6H9F5O/c1-3(2)17-6(12)4(9)5(10,11)7(13,14)8(6,15)16;1-3(2)14-6(11)4(8)5(9,10)7(6,12)13;1-3(2)12-5(8)4(7)6(9,10)11/h3-4H,1-2H3;3-4H,1-2H3;3-5H,1-2H3. The van der Waals surface area contributed by atoms with Crippen molar-refractivity contribution in [3.63, 3.8) is 0 Å². The molecule has 0 spiro atoms. The molecule has 0 N–H and O–H groups in total. The molecule has 0 bridgehead atoms. The fourth-order valence-electron chi connectivity index (χ4n) is 3.11. The van der Waals surface area contributed by atoms with Crippen molar-refractivity contribution in [2.75, 3.05) is 0 Å². The number of alkyl halides is 19. The molecule has 43 heavy (non-hydrogen) atoms. The summed E-state index contributed by atoms with van der Waals surface area (Å²) in [5.41, 5.74) is 0. The SMILES string of the molecule is CC(C)OC(F)C(F)C(F)(F)F.CC(C)OC1(F)C(F)C(F)(F)C(F)(F)C1(F)F.CC(C)OC1(F)C(F)C(F)(F)C1(F)F. The molecule has 22 heteroatoms. The maximum atomic E-state index is 13.4. The summed E-state index contributed by atoms with van der Waals surface area (Å²) in [7, 11) is 0. The van der Waals surface area contributed by atoms with Crippen molar-refractivity contribution in [1.29, 1.82) is 0 Å². The lowest BCUT2D eigenvalue weighted by molar-refractivity contribution is -0.469. The van der Waals surface area contributed by atoms with Gasteiger partial charge in [0.15, 0.2) is 0 Å². The van der Waals surface area contributed by atoms with Gasteiger partial charge in [-0.2, -0.15) is 57.1 Å². The first kappa shape index (κ1) is 41.5. The van der Waals surface area contributed by atoms with Crippen LogP contribution in [0.4, 0.5) is 83.4 Å². The van der Waals surface area contributed by atoms with Gasteiger partial charge in [-0.05, 0) is 41.5 Å². The van der Waals surface area contributed by atoms with Crippen LogP contribution in [0.5, 0.6) is 0 Å². The molecule has 6 atom stereocenters. The van der Waals surface area contributed by atoms with Gasteiger partial charge in [0, 0.05) is 0 Å². The smallest absolute Gasteiger partial charge is 0.343 e. The van der Waals surface area contributed by atoms with Crippen LogP contribution in [0.3, 0.4) is 0 Å². The maximum Gasteiger partial charge on any atom is 0.425 e. The van der Waals surface area contributed by atoms with Crippen LogP contribution < -0.4 is 0 Å². The minimum atomic E-state index is -6.16. The van der Waals surface area contributed by atoms with Crippen molar-refractivity contribution in [3.8, 4) is 0 Å². The highest BCUT2D eigenvalue weighted by Crippen LogP contribution is 2.64. The van der Waals surface area contributed by atoms with Gasteiger partial charge in [-0.3, -0.25) is 0 Å². The molecular formula is C21H25F19O3. The minimum Gasteiger partial charge on any atom is -0.343 e. The summed E-state index contributed by atoms with van der Waals surface area (Å²) < 4.78 is 248. The summed E-state index contributed by atoms with van der Waals surface area (Å²) in [5.74, 6) is -37.4. The summed E-state index contributed by atoms with van der Waals surface area (Å²) in [6.45, 7) is 6.74. The van der Waals surface area contributed by atoms with Crippen LogP contribution in [0.1, 0.15) is 41.5 Å². The molecule has 6 unspecified atom stereocenters. The Morgan fingerprint density at radius 3 is 1.05 bits per heavy atom. The predicted molar refractivity (Wildman–Crippen MR) is 107 cm³/mol. The number of hydrogen-bond acceptors (Lipinski definition) is 3. The third kappa shape index (κ3) is 7.19. The molecule has 0 heterocycles. The predicted octanol–water partition coefficient (Wildman–Crippen LogP) is 8.64. The molecule has 2 saturated carbocycles. The molecule has 0 radical (unpaired) electrons. The van der Waals surface area contributed by atoms with Crippen LogP contribution in [0.15, 0.2) is 0 Å². The van der Waals surface area contributed by atoms with Crippen molar-refractivity contribution in [2.45, 2.75) is 132 Å². The Hall–Kier alpha value is -1.45. The molecule has 0 amide bonds. The van der Waals surface area contributed by atoms with E-state index < -0.39 is 90.7 Å². The van der Waals surface area contributed by atoms with E-state index in [-0.39, 0.29) is 0 Å². The van der Waals surface area contributed by atoms with Crippen LogP contribution >= 0.6 is 0 Å². The molecular weight excluding hydrogens is 661 g/mol. The lowest BCUT2D eigenvalue weighted by Gasteiger charge is -2.50. The molecule has 0 saturated heterocycles. The van der Waals surface area contributed by atoms with Gasteiger partial charge in [-0.15, -0.1) is 0 Å². The minimum absolute atomic E-state index is 0.777. The number of halogens is 19. The second kappa shape index (κ2) is 12.7. The van der Waals surface area contributed by atoms with E-state index in [2.05, 4.69) is 14.2 Å². The Bertz CT molecular complexity index is 909. The number of ether oxygens (including phenoxy) is 3. The normalized spacial score (nSPS) is 33.2. The van der Waals surface area contributed by atoms with Gasteiger partial charge in [0.05, 0.1) is 18.3 Å². The first-order valence-corrected chi connectivity index (χ1v) is 11.5. The molecule has 2 aliphatic carbocycles. The Morgan fingerprint density at radius 2 is 0.814 bits per heavy atom. The van der Waals surface area contributed by atoms with Crippen LogP contribution in [0.2, 0.25) is 0 Å². The van der Waals surface area contributed by atoms with Gasteiger partial charge in [-0.25, -0.2) is 26.3 Å². The van der Waals surface area contributed by atoms with Crippen molar-refractivity contribution in [3.05, 3.63) is 0 Å². The first-order valence-electron chi connectivity index (χ1n) is 11.5. The second-order valence-electron chi connectivity index (χ2n) is 9.80. The largest absolute Gasteiger partial charge is 0.425 e. The van der Waals surface area contributed by atoms with Crippen molar-refractivity contribution in [2.24, 2.45) is 0 Å². The molecule has 0 aromatic rings. The number of rotatable bonds is 7. The van der Waals surface area contributed by atoms with E-state index in [1.54, 1.807) is 0 Å². The van der Waals surface area contributed by atoms with Crippen LogP contribution in [0, 0.1) is 0 Å². The first-order chi connectivity index (χ1) is 18.6. The summed E-state index contributed by atoms with van der Waals surface area (Å²) in [6, 6.07) is 0. The molecule has 260 valence electrons. The average Bonchev–Trinajstić information content (AvgIpc) is 2.86. The summed E-state index contributed by atoms with van der Waals surface area (Å²) in [6.07, 6.45) is -23.2. The molecule has 2 rings (SSSR count). The maximum absolute atomic E-state index is 13.4. The summed E-state index contributed by atoms with van der Waals surface area (Å²) in [4.78, 5) is 0. The van der Waals surface area contributed by atoms with Crippen molar-refractivity contribution >= 4 is 0 Å². The van der Waals surface area contributed by atoms with E-state index in [1.807, 2.05) is 0 Å². The second-order valence-corrected chi connectivity index (χ2v) is 9.80. The zero-order valence-corrected chi connectivity index (χ0v) is 22.4. The lowest BCUT2D eigenvalue weighted by Crippen LogP contribution is -2.79. The Balaban J connectivity index is 0.000000626. The number of hydrogen-bond donors (Lipinski definition) is 0. The van der Waals surface area contributed by atoms with Gasteiger partial charge in [-0.1, -0.05) is 0 Å². The van der Waals surface area contributed by atoms with Gasteiger partial charge < -0.3 is 14.2 Å². The van der Waals surface area contributed by atoms with E-state index in [1.165, 1.54) is 13.8 Å². The third-order valence-electron chi connectivity index (χ3n) is 5.14. The van der Waals surface area contributed by atoms with E-state index in [4.69, 9.17) is 0 Å². The molecule has 2 aliphatic rings. The monoisotopic (exact) mass is 686 g/mol. The van der Waals surface area contributed by atoms with Gasteiger partial charge in [0.1, 0.15) is 0 Å². The molecule has 3 nitrogen and oxygen atoms in total. The Kier molecular flexibility index (Phi) is 12.3. The van der Waals surface area contributed by atoms with E-state index in [0.29, 0.717) is 0 Å². The Morgan fingerprint density at radius 1 is 0.512 bits per heavy atom. The van der Waals surface area contributed by atoms with Crippen molar-refractivity contribution < 1.29 is 97.6 Å². The summed E-state index contributed by atoms with van der Waals surface area (Å²) >= 11 is 0. The third-order valence-corrected chi connectivity index (χ3v) is 5.14. The van der Waals surface area contributed by atoms with Gasteiger partial charge >= 0.3 is 47.5 Å². The molecule has 0 aromatic carbocycles. The highest BCUT2D eigenvalue weighted by atomic mass is 19.4. The highest BCUT2D eigenvalue weighted by Gasteiger charge is 2.94. The quantitative estimate of drug-likeness (QED) is 0.251. The van der Waals surface area contributed by atoms with E-state index >= 15 is 0 Å². The van der Waals surface area contributed by atoms with Gasteiger partial charge in [0.2, 0.25) is 18.7 Å².